The molecule has 1 fully saturated rings. The Morgan fingerprint density at radius 2 is 2.26 bits per heavy atom. The lowest BCUT2D eigenvalue weighted by Crippen LogP contribution is -2.35. The van der Waals surface area contributed by atoms with Crippen molar-refractivity contribution in [1.82, 2.24) is 4.90 Å². The van der Waals surface area contributed by atoms with Crippen LogP contribution in [-0.2, 0) is 4.79 Å². The van der Waals surface area contributed by atoms with Gasteiger partial charge in [-0.05, 0) is 42.9 Å². The van der Waals surface area contributed by atoms with Crippen molar-refractivity contribution in [1.29, 1.82) is 0 Å². The number of carbonyl (C=O) groups is 1. The van der Waals surface area contributed by atoms with Gasteiger partial charge in [0.05, 0.1) is 6.54 Å². The Labute approximate surface area is 113 Å². The fourth-order valence-corrected chi connectivity index (χ4v) is 2.53. The molecule has 1 unspecified atom stereocenters. The van der Waals surface area contributed by atoms with Crippen LogP contribution < -0.4 is 0 Å². The number of carboxylic acids is 1. The van der Waals surface area contributed by atoms with E-state index in [1.54, 1.807) is 6.07 Å². The average Bonchev–Trinajstić information content (AvgIpc) is 3.13. The van der Waals surface area contributed by atoms with E-state index in [9.17, 15) is 9.18 Å². The van der Waals surface area contributed by atoms with Crippen LogP contribution in [0.15, 0.2) is 24.3 Å². The number of benzene rings is 1. The topological polar surface area (TPSA) is 40.5 Å². The maximum Gasteiger partial charge on any atom is 0.317 e. The molecule has 1 saturated carbocycles. The monoisotopic (exact) mass is 265 g/mol. The maximum atomic E-state index is 13.3. The summed E-state index contributed by atoms with van der Waals surface area (Å²) in [5.41, 5.74) is 0.865. The summed E-state index contributed by atoms with van der Waals surface area (Å²) in [4.78, 5) is 13.0. The second-order valence-electron chi connectivity index (χ2n) is 5.25. The van der Waals surface area contributed by atoms with Crippen LogP contribution in [0.2, 0.25) is 0 Å². The zero-order valence-corrected chi connectivity index (χ0v) is 11.2. The van der Waals surface area contributed by atoms with E-state index in [1.165, 1.54) is 25.0 Å². The van der Waals surface area contributed by atoms with Crippen LogP contribution in [0.4, 0.5) is 4.39 Å². The van der Waals surface area contributed by atoms with Crippen molar-refractivity contribution < 1.29 is 14.3 Å². The van der Waals surface area contributed by atoms with Gasteiger partial charge in [0, 0.05) is 12.6 Å². The lowest BCUT2D eigenvalue weighted by molar-refractivity contribution is -0.139. The summed E-state index contributed by atoms with van der Waals surface area (Å²) in [7, 11) is 0. The first-order valence-electron chi connectivity index (χ1n) is 6.81. The minimum atomic E-state index is -0.824. The minimum absolute atomic E-state index is 0.0194. The Morgan fingerprint density at radius 3 is 2.79 bits per heavy atom. The molecule has 104 valence electrons. The average molecular weight is 265 g/mol. The third-order valence-corrected chi connectivity index (χ3v) is 3.59. The molecular weight excluding hydrogens is 245 g/mol. The van der Waals surface area contributed by atoms with E-state index in [0.29, 0.717) is 5.92 Å². The predicted octanol–water partition coefficient (Wildman–Crippen LogP) is 3.07. The standard InChI is InChI=1S/C15H20FNO2/c1-2-14(12-4-3-5-13(16)8-12)17(10-15(18)19)9-11-6-7-11/h3-5,8,11,14H,2,6-7,9-10H2,1H3,(H,18,19). The van der Waals surface area contributed by atoms with E-state index >= 15 is 0 Å². The van der Waals surface area contributed by atoms with Crippen LogP contribution in [0.1, 0.15) is 37.8 Å². The van der Waals surface area contributed by atoms with Gasteiger partial charge >= 0.3 is 5.97 Å². The van der Waals surface area contributed by atoms with Crippen molar-refractivity contribution in [2.75, 3.05) is 13.1 Å². The molecule has 0 bridgehead atoms. The molecule has 3 nitrogen and oxygen atoms in total. The quantitative estimate of drug-likeness (QED) is 0.823. The molecule has 0 aromatic heterocycles. The largest absolute Gasteiger partial charge is 0.480 e. The van der Waals surface area contributed by atoms with Crippen molar-refractivity contribution in [3.05, 3.63) is 35.6 Å². The summed E-state index contributed by atoms with van der Waals surface area (Å²) in [6.45, 7) is 2.82. The van der Waals surface area contributed by atoms with E-state index in [1.807, 2.05) is 17.9 Å². The van der Waals surface area contributed by atoms with Crippen molar-refractivity contribution in [2.24, 2.45) is 5.92 Å². The molecule has 2 rings (SSSR count). The first-order valence-corrected chi connectivity index (χ1v) is 6.81. The Hall–Kier alpha value is -1.42. The molecule has 0 heterocycles. The molecule has 0 saturated heterocycles. The first-order chi connectivity index (χ1) is 9.10. The maximum absolute atomic E-state index is 13.3. The van der Waals surface area contributed by atoms with Crippen LogP contribution >= 0.6 is 0 Å². The summed E-state index contributed by atoms with van der Waals surface area (Å²) in [6.07, 6.45) is 3.13. The molecule has 0 amide bonds. The molecule has 1 aromatic carbocycles. The molecule has 1 aromatic rings. The summed E-state index contributed by atoms with van der Waals surface area (Å²) >= 11 is 0. The summed E-state index contributed by atoms with van der Waals surface area (Å²) < 4.78 is 13.3. The third kappa shape index (κ3) is 4.03. The molecule has 0 aliphatic heterocycles. The van der Waals surface area contributed by atoms with Gasteiger partial charge in [0.2, 0.25) is 0 Å². The fraction of sp³-hybridized carbons (Fsp3) is 0.533. The molecular formula is C15H20FNO2. The van der Waals surface area contributed by atoms with Gasteiger partial charge in [-0.2, -0.15) is 0 Å². The summed E-state index contributed by atoms with van der Waals surface area (Å²) in [5, 5.41) is 9.05. The molecule has 19 heavy (non-hydrogen) atoms. The predicted molar refractivity (Wildman–Crippen MR) is 71.4 cm³/mol. The molecule has 1 N–H and O–H groups in total. The van der Waals surface area contributed by atoms with Crippen LogP contribution in [0.3, 0.4) is 0 Å². The number of hydrogen-bond acceptors (Lipinski definition) is 2. The van der Waals surface area contributed by atoms with Crippen LogP contribution in [0.25, 0.3) is 0 Å². The number of nitrogens with zero attached hydrogens (tertiary/aromatic N) is 1. The van der Waals surface area contributed by atoms with E-state index in [0.717, 1.165) is 18.5 Å². The van der Waals surface area contributed by atoms with Gasteiger partial charge in [0.25, 0.3) is 0 Å². The number of rotatable bonds is 7. The third-order valence-electron chi connectivity index (χ3n) is 3.59. The Morgan fingerprint density at radius 1 is 1.53 bits per heavy atom. The van der Waals surface area contributed by atoms with Crippen LogP contribution in [0.5, 0.6) is 0 Å². The summed E-state index contributed by atoms with van der Waals surface area (Å²) in [6, 6.07) is 6.46. The molecule has 1 aliphatic rings. The highest BCUT2D eigenvalue weighted by Gasteiger charge is 2.29. The van der Waals surface area contributed by atoms with E-state index in [-0.39, 0.29) is 18.4 Å². The zero-order valence-electron chi connectivity index (χ0n) is 11.2. The SMILES string of the molecule is CCC(c1cccc(F)c1)N(CC(=O)O)CC1CC1. The Bertz CT molecular complexity index is 446. The molecule has 1 atom stereocenters. The second-order valence-corrected chi connectivity index (χ2v) is 5.25. The molecule has 4 heteroatoms. The van der Waals surface area contributed by atoms with Gasteiger partial charge in [-0.15, -0.1) is 0 Å². The van der Waals surface area contributed by atoms with Crippen molar-refractivity contribution in [3.63, 3.8) is 0 Å². The van der Waals surface area contributed by atoms with Gasteiger partial charge in [0.1, 0.15) is 5.82 Å². The minimum Gasteiger partial charge on any atom is -0.480 e. The smallest absolute Gasteiger partial charge is 0.317 e. The molecule has 0 radical (unpaired) electrons. The zero-order chi connectivity index (χ0) is 13.8. The fourth-order valence-electron chi connectivity index (χ4n) is 2.53. The van der Waals surface area contributed by atoms with Gasteiger partial charge < -0.3 is 5.11 Å². The van der Waals surface area contributed by atoms with E-state index in [4.69, 9.17) is 5.11 Å². The lowest BCUT2D eigenvalue weighted by Gasteiger charge is -2.30. The highest BCUT2D eigenvalue weighted by atomic mass is 19.1. The van der Waals surface area contributed by atoms with Crippen molar-refractivity contribution >= 4 is 5.97 Å². The van der Waals surface area contributed by atoms with Crippen molar-refractivity contribution in [2.45, 2.75) is 32.2 Å². The second kappa shape index (κ2) is 6.15. The van der Waals surface area contributed by atoms with Gasteiger partial charge in [-0.1, -0.05) is 19.1 Å². The number of halogens is 1. The Balaban J connectivity index is 2.16. The van der Waals surface area contributed by atoms with Gasteiger partial charge in [-0.3, -0.25) is 9.69 Å². The molecule has 1 aliphatic carbocycles. The highest BCUT2D eigenvalue weighted by molar-refractivity contribution is 5.69. The normalized spacial score (nSPS) is 16.6. The van der Waals surface area contributed by atoms with Crippen LogP contribution in [-0.4, -0.2) is 29.1 Å². The number of hydrogen-bond donors (Lipinski definition) is 1. The lowest BCUT2D eigenvalue weighted by atomic mass is 10.0. The van der Waals surface area contributed by atoms with Crippen LogP contribution in [0, 0.1) is 11.7 Å². The van der Waals surface area contributed by atoms with E-state index in [2.05, 4.69) is 0 Å². The van der Waals surface area contributed by atoms with Gasteiger partial charge in [-0.25, -0.2) is 4.39 Å². The molecule has 0 spiro atoms. The Kier molecular flexibility index (Phi) is 4.53. The number of carboxylic acid groups (broad SMARTS) is 1. The summed E-state index contributed by atoms with van der Waals surface area (Å²) in [5.74, 6) is -0.477. The first kappa shape index (κ1) is 14.0. The number of aliphatic carboxylic acids is 1. The van der Waals surface area contributed by atoms with E-state index < -0.39 is 5.97 Å². The highest BCUT2D eigenvalue weighted by Crippen LogP contribution is 2.33. The van der Waals surface area contributed by atoms with Crippen molar-refractivity contribution in [3.8, 4) is 0 Å². The van der Waals surface area contributed by atoms with Gasteiger partial charge in [0.15, 0.2) is 0 Å².